The molecule has 3 heterocycles. The number of carbonyl (C=O) groups is 1. The van der Waals surface area contributed by atoms with E-state index in [1.165, 1.54) is 11.3 Å². The summed E-state index contributed by atoms with van der Waals surface area (Å²) < 4.78 is 12.6. The molecule has 0 aliphatic carbocycles. The van der Waals surface area contributed by atoms with E-state index in [9.17, 15) is 9.59 Å². The number of rotatable bonds is 5. The van der Waals surface area contributed by atoms with E-state index in [2.05, 4.69) is 4.99 Å². The van der Waals surface area contributed by atoms with E-state index in [1.54, 1.807) is 49.0 Å². The predicted molar refractivity (Wildman–Crippen MR) is 115 cm³/mol. The Hall–Kier alpha value is -3.45. The first-order valence-electron chi connectivity index (χ1n) is 9.55. The SMILES string of the molecule is CCOC(=O)C1=C(C)N=c2s/c(=C\C=C\c3ccco3)c(=O)n2[C@H]1c1ccccc1. The normalized spacial score (nSPS) is 16.6. The summed E-state index contributed by atoms with van der Waals surface area (Å²) >= 11 is 1.29. The average Bonchev–Trinajstić information content (AvgIpc) is 3.36. The third kappa shape index (κ3) is 3.71. The van der Waals surface area contributed by atoms with Crippen molar-refractivity contribution in [2.75, 3.05) is 6.61 Å². The lowest BCUT2D eigenvalue weighted by atomic mass is 9.96. The molecule has 1 aliphatic heterocycles. The van der Waals surface area contributed by atoms with Gasteiger partial charge in [-0.05, 0) is 43.7 Å². The van der Waals surface area contributed by atoms with Gasteiger partial charge < -0.3 is 9.15 Å². The monoisotopic (exact) mass is 420 g/mol. The number of hydrogen-bond donors (Lipinski definition) is 0. The van der Waals surface area contributed by atoms with Crippen molar-refractivity contribution in [3.05, 3.63) is 97.1 Å². The molecule has 0 saturated carbocycles. The number of fused-ring (bicyclic) bond motifs is 1. The molecule has 30 heavy (non-hydrogen) atoms. The van der Waals surface area contributed by atoms with Gasteiger partial charge in [0.2, 0.25) is 0 Å². The van der Waals surface area contributed by atoms with E-state index in [4.69, 9.17) is 9.15 Å². The van der Waals surface area contributed by atoms with Gasteiger partial charge in [-0.15, -0.1) is 0 Å². The fourth-order valence-corrected chi connectivity index (χ4v) is 4.37. The van der Waals surface area contributed by atoms with Crippen LogP contribution in [0.2, 0.25) is 0 Å². The van der Waals surface area contributed by atoms with Crippen LogP contribution in [0, 0.1) is 0 Å². The number of furan rings is 1. The lowest BCUT2D eigenvalue weighted by molar-refractivity contribution is -0.139. The average molecular weight is 420 g/mol. The Balaban J connectivity index is 1.87. The minimum Gasteiger partial charge on any atom is -0.465 e. The summed E-state index contributed by atoms with van der Waals surface area (Å²) in [4.78, 5) is 31.1. The van der Waals surface area contributed by atoms with Gasteiger partial charge in [0.05, 0.1) is 34.7 Å². The summed E-state index contributed by atoms with van der Waals surface area (Å²) in [7, 11) is 0. The number of carbonyl (C=O) groups excluding carboxylic acids is 1. The molecule has 1 aliphatic rings. The van der Waals surface area contributed by atoms with E-state index in [0.717, 1.165) is 5.56 Å². The summed E-state index contributed by atoms with van der Waals surface area (Å²) in [5.41, 5.74) is 1.56. The van der Waals surface area contributed by atoms with Gasteiger partial charge in [-0.1, -0.05) is 47.7 Å². The minimum absolute atomic E-state index is 0.203. The Labute approximate surface area is 176 Å². The van der Waals surface area contributed by atoms with Gasteiger partial charge in [-0.2, -0.15) is 0 Å². The van der Waals surface area contributed by atoms with Gasteiger partial charge in [0, 0.05) is 0 Å². The summed E-state index contributed by atoms with van der Waals surface area (Å²) in [5.74, 6) is 0.237. The molecule has 6 nitrogen and oxygen atoms in total. The standard InChI is InChI=1S/C23H20N2O4S/c1-3-28-22(27)19-15(2)24-23-25(20(19)16-9-5-4-6-10-16)21(26)18(30-23)13-7-11-17-12-8-14-29-17/h4-14,20H,3H2,1-2H3/b11-7+,18-13-/t20-/m0/s1. The molecule has 3 aromatic rings. The topological polar surface area (TPSA) is 73.8 Å². The molecule has 0 bridgehead atoms. The van der Waals surface area contributed by atoms with Crippen LogP contribution in [0.15, 0.2) is 80.3 Å². The molecule has 2 aromatic heterocycles. The van der Waals surface area contributed by atoms with Crippen molar-refractivity contribution < 1.29 is 13.9 Å². The van der Waals surface area contributed by atoms with Crippen molar-refractivity contribution in [3.8, 4) is 0 Å². The lowest BCUT2D eigenvalue weighted by Gasteiger charge is -2.24. The van der Waals surface area contributed by atoms with Crippen LogP contribution in [0.3, 0.4) is 0 Å². The molecule has 0 spiro atoms. The zero-order chi connectivity index (χ0) is 21.1. The van der Waals surface area contributed by atoms with Crippen molar-refractivity contribution >= 4 is 29.5 Å². The number of nitrogens with zero attached hydrogens (tertiary/aromatic N) is 2. The number of esters is 1. The minimum atomic E-state index is -0.585. The maximum absolute atomic E-state index is 13.3. The molecule has 7 heteroatoms. The number of thiazole rings is 1. The highest BCUT2D eigenvalue weighted by molar-refractivity contribution is 7.07. The molecule has 0 N–H and O–H groups in total. The highest BCUT2D eigenvalue weighted by Gasteiger charge is 2.33. The molecule has 0 radical (unpaired) electrons. The van der Waals surface area contributed by atoms with Crippen LogP contribution in [0.25, 0.3) is 12.2 Å². The maximum Gasteiger partial charge on any atom is 0.338 e. The smallest absolute Gasteiger partial charge is 0.338 e. The van der Waals surface area contributed by atoms with E-state index in [1.807, 2.05) is 36.4 Å². The molecule has 0 amide bonds. The summed E-state index contributed by atoms with van der Waals surface area (Å²) in [6.07, 6.45) is 6.87. The van der Waals surface area contributed by atoms with Crippen LogP contribution in [0.1, 0.15) is 31.2 Å². The van der Waals surface area contributed by atoms with Crippen molar-refractivity contribution in [1.29, 1.82) is 0 Å². The van der Waals surface area contributed by atoms with Crippen LogP contribution in [-0.4, -0.2) is 17.1 Å². The molecule has 0 saturated heterocycles. The van der Waals surface area contributed by atoms with Crippen molar-refractivity contribution in [3.63, 3.8) is 0 Å². The fourth-order valence-electron chi connectivity index (χ4n) is 3.37. The Morgan fingerprint density at radius 3 is 2.77 bits per heavy atom. The van der Waals surface area contributed by atoms with Gasteiger partial charge in [0.15, 0.2) is 4.80 Å². The van der Waals surface area contributed by atoms with Crippen LogP contribution >= 0.6 is 11.3 Å². The Kier molecular flexibility index (Phi) is 5.63. The first-order valence-corrected chi connectivity index (χ1v) is 10.4. The molecule has 1 aromatic carbocycles. The van der Waals surface area contributed by atoms with Gasteiger partial charge >= 0.3 is 5.97 Å². The fraction of sp³-hybridized carbons (Fsp3) is 0.174. The van der Waals surface area contributed by atoms with Gasteiger partial charge in [-0.3, -0.25) is 9.36 Å². The number of allylic oxidation sites excluding steroid dienone is 2. The number of ether oxygens (including phenoxy) is 1. The highest BCUT2D eigenvalue weighted by Crippen LogP contribution is 2.30. The Bertz CT molecular complexity index is 1300. The first kappa shape index (κ1) is 19.8. The van der Waals surface area contributed by atoms with E-state index < -0.39 is 12.0 Å². The van der Waals surface area contributed by atoms with Gasteiger partial charge in [-0.25, -0.2) is 9.79 Å². The van der Waals surface area contributed by atoms with E-state index >= 15 is 0 Å². The Morgan fingerprint density at radius 1 is 1.27 bits per heavy atom. The molecule has 0 unspecified atom stereocenters. The van der Waals surface area contributed by atoms with Crippen LogP contribution in [0.5, 0.6) is 0 Å². The molecule has 1 atom stereocenters. The molecular formula is C23H20N2O4S. The zero-order valence-electron chi connectivity index (χ0n) is 16.6. The van der Waals surface area contributed by atoms with Crippen LogP contribution < -0.4 is 14.9 Å². The Morgan fingerprint density at radius 2 is 2.07 bits per heavy atom. The zero-order valence-corrected chi connectivity index (χ0v) is 17.4. The molecule has 0 fully saturated rings. The van der Waals surface area contributed by atoms with Crippen molar-refractivity contribution in [2.24, 2.45) is 4.99 Å². The second-order valence-corrected chi connectivity index (χ2v) is 7.62. The number of hydrogen-bond acceptors (Lipinski definition) is 6. The van der Waals surface area contributed by atoms with Crippen molar-refractivity contribution in [2.45, 2.75) is 19.9 Å². The molecule has 152 valence electrons. The van der Waals surface area contributed by atoms with Gasteiger partial charge in [0.25, 0.3) is 5.56 Å². The summed E-state index contributed by atoms with van der Waals surface area (Å²) in [5, 5.41) is 0. The largest absolute Gasteiger partial charge is 0.465 e. The van der Waals surface area contributed by atoms with E-state index in [-0.39, 0.29) is 12.2 Å². The predicted octanol–water partition coefficient (Wildman–Crippen LogP) is 3.06. The third-order valence-corrected chi connectivity index (χ3v) is 5.68. The third-order valence-electron chi connectivity index (χ3n) is 4.68. The second-order valence-electron chi connectivity index (χ2n) is 6.61. The first-order chi connectivity index (χ1) is 14.6. The summed E-state index contributed by atoms with van der Waals surface area (Å²) in [6, 6.07) is 12.5. The van der Waals surface area contributed by atoms with E-state index in [0.29, 0.717) is 26.4 Å². The quantitative estimate of drug-likeness (QED) is 0.595. The maximum atomic E-state index is 13.3. The highest BCUT2D eigenvalue weighted by atomic mass is 32.1. The molecule has 4 rings (SSSR count). The summed E-state index contributed by atoms with van der Waals surface area (Å²) in [6.45, 7) is 3.78. The molecular weight excluding hydrogens is 400 g/mol. The lowest BCUT2D eigenvalue weighted by Crippen LogP contribution is -2.39. The van der Waals surface area contributed by atoms with Crippen LogP contribution in [-0.2, 0) is 9.53 Å². The van der Waals surface area contributed by atoms with Crippen LogP contribution in [0.4, 0.5) is 0 Å². The number of aromatic nitrogens is 1. The second kappa shape index (κ2) is 8.51. The van der Waals surface area contributed by atoms with Crippen molar-refractivity contribution in [1.82, 2.24) is 4.57 Å². The number of benzene rings is 1. The van der Waals surface area contributed by atoms with Gasteiger partial charge in [0.1, 0.15) is 5.76 Å².